The fourth-order valence-electron chi connectivity index (χ4n) is 3.36. The van der Waals surface area contributed by atoms with Crippen molar-refractivity contribution >= 4 is 35.1 Å². The molecule has 7 nitrogen and oxygen atoms in total. The summed E-state index contributed by atoms with van der Waals surface area (Å²) in [6, 6.07) is 13.2. The lowest BCUT2D eigenvalue weighted by molar-refractivity contribution is -0.132. The quantitative estimate of drug-likeness (QED) is 0.859. The molecule has 2 amide bonds. The number of anilines is 2. The van der Waals surface area contributed by atoms with Gasteiger partial charge in [-0.3, -0.25) is 9.59 Å². The molecular weight excluding hydrogens is 374 g/mol. The second-order valence-corrected chi connectivity index (χ2v) is 7.92. The summed E-state index contributed by atoms with van der Waals surface area (Å²) < 4.78 is 0. The molecule has 0 bridgehead atoms. The van der Waals surface area contributed by atoms with Crippen LogP contribution in [0.4, 0.5) is 11.5 Å². The number of benzene rings is 1. The fraction of sp³-hybridized carbons (Fsp3) is 0.300. The average molecular weight is 393 g/mol. The van der Waals surface area contributed by atoms with Crippen LogP contribution < -0.4 is 10.2 Å². The molecule has 1 fully saturated rings. The van der Waals surface area contributed by atoms with Crippen molar-refractivity contribution in [3.8, 4) is 6.07 Å². The van der Waals surface area contributed by atoms with Gasteiger partial charge in [0.1, 0.15) is 5.82 Å². The minimum absolute atomic E-state index is 0.00887. The van der Waals surface area contributed by atoms with Crippen LogP contribution in [-0.2, 0) is 9.59 Å². The molecule has 1 N–H and O–H groups in total. The molecule has 0 aliphatic carbocycles. The van der Waals surface area contributed by atoms with Gasteiger partial charge in [0.2, 0.25) is 11.8 Å². The molecular formula is C20H19N5O2S. The third-order valence-electron chi connectivity index (χ3n) is 4.90. The largest absolute Gasteiger partial charge is 0.353 e. The highest BCUT2D eigenvalue weighted by Gasteiger charge is 2.31. The molecule has 1 aromatic heterocycles. The Bertz CT molecular complexity index is 950. The SMILES string of the molecule is N#Cc1ccnc(N2CCN(C(=O)CC3Sc4ccccc4NC3=O)CC2)c1. The van der Waals surface area contributed by atoms with Crippen molar-refractivity contribution in [2.75, 3.05) is 36.4 Å². The van der Waals surface area contributed by atoms with E-state index in [1.165, 1.54) is 11.8 Å². The molecule has 142 valence electrons. The number of carbonyl (C=O) groups excluding carboxylic acids is 2. The second-order valence-electron chi connectivity index (χ2n) is 6.68. The van der Waals surface area contributed by atoms with Crippen LogP contribution in [0.15, 0.2) is 47.5 Å². The Balaban J connectivity index is 1.34. The van der Waals surface area contributed by atoms with Gasteiger partial charge < -0.3 is 15.1 Å². The van der Waals surface area contributed by atoms with E-state index >= 15 is 0 Å². The predicted molar refractivity (Wildman–Crippen MR) is 107 cm³/mol. The van der Waals surface area contributed by atoms with Gasteiger partial charge >= 0.3 is 0 Å². The van der Waals surface area contributed by atoms with Gasteiger partial charge in [-0.05, 0) is 24.3 Å². The van der Waals surface area contributed by atoms with E-state index in [-0.39, 0.29) is 18.2 Å². The molecule has 1 saturated heterocycles. The first kappa shape index (κ1) is 18.3. The number of thioether (sulfide) groups is 1. The van der Waals surface area contributed by atoms with Gasteiger partial charge in [-0.2, -0.15) is 5.26 Å². The number of pyridine rings is 1. The van der Waals surface area contributed by atoms with Gasteiger partial charge in [0, 0.05) is 43.7 Å². The van der Waals surface area contributed by atoms with Crippen molar-refractivity contribution in [3.05, 3.63) is 48.2 Å². The zero-order chi connectivity index (χ0) is 19.5. The molecule has 2 aliphatic rings. The van der Waals surface area contributed by atoms with E-state index in [0.29, 0.717) is 31.7 Å². The third-order valence-corrected chi connectivity index (χ3v) is 6.17. The molecule has 8 heteroatoms. The third kappa shape index (κ3) is 3.80. The number of carbonyl (C=O) groups is 2. The lowest BCUT2D eigenvalue weighted by Gasteiger charge is -2.36. The highest BCUT2D eigenvalue weighted by Crippen LogP contribution is 2.36. The Labute approximate surface area is 167 Å². The van der Waals surface area contributed by atoms with Gasteiger partial charge in [0.25, 0.3) is 0 Å². The first-order valence-corrected chi connectivity index (χ1v) is 9.97. The number of hydrogen-bond acceptors (Lipinski definition) is 6. The van der Waals surface area contributed by atoms with Crippen LogP contribution in [0.2, 0.25) is 0 Å². The molecule has 1 unspecified atom stereocenters. The number of amides is 2. The normalized spacial score (nSPS) is 18.8. The fourth-order valence-corrected chi connectivity index (χ4v) is 4.46. The second kappa shape index (κ2) is 7.90. The summed E-state index contributed by atoms with van der Waals surface area (Å²) in [5.41, 5.74) is 1.38. The van der Waals surface area contributed by atoms with E-state index in [2.05, 4.69) is 21.3 Å². The Morgan fingerprint density at radius 3 is 2.82 bits per heavy atom. The number of nitrogens with one attached hydrogen (secondary N) is 1. The van der Waals surface area contributed by atoms with Crippen LogP contribution in [0.5, 0.6) is 0 Å². The van der Waals surface area contributed by atoms with Crippen molar-refractivity contribution in [2.24, 2.45) is 0 Å². The molecule has 0 radical (unpaired) electrons. The van der Waals surface area contributed by atoms with Crippen molar-refractivity contribution in [2.45, 2.75) is 16.6 Å². The predicted octanol–water partition coefficient (Wildman–Crippen LogP) is 2.10. The summed E-state index contributed by atoms with van der Waals surface area (Å²) in [5.74, 6) is 0.628. The van der Waals surface area contributed by atoms with Crippen LogP contribution in [0.25, 0.3) is 0 Å². The molecule has 28 heavy (non-hydrogen) atoms. The van der Waals surface area contributed by atoms with E-state index in [9.17, 15) is 9.59 Å². The minimum Gasteiger partial charge on any atom is -0.353 e. The summed E-state index contributed by atoms with van der Waals surface area (Å²) in [7, 11) is 0. The molecule has 0 spiro atoms. The molecule has 0 saturated carbocycles. The maximum Gasteiger partial charge on any atom is 0.238 e. The molecule has 2 aromatic rings. The van der Waals surface area contributed by atoms with Gasteiger partial charge in [0.15, 0.2) is 0 Å². The lowest BCUT2D eigenvalue weighted by atomic mass is 10.2. The Morgan fingerprint density at radius 2 is 2.04 bits per heavy atom. The number of rotatable bonds is 3. The van der Waals surface area contributed by atoms with E-state index in [4.69, 9.17) is 5.26 Å². The molecule has 3 heterocycles. The van der Waals surface area contributed by atoms with Crippen LogP contribution in [0, 0.1) is 11.3 Å². The number of para-hydroxylation sites is 1. The van der Waals surface area contributed by atoms with Crippen LogP contribution >= 0.6 is 11.8 Å². The van der Waals surface area contributed by atoms with Crippen LogP contribution in [-0.4, -0.2) is 53.1 Å². The number of fused-ring (bicyclic) bond motifs is 1. The van der Waals surface area contributed by atoms with Crippen molar-refractivity contribution < 1.29 is 9.59 Å². The van der Waals surface area contributed by atoms with Gasteiger partial charge in [0.05, 0.1) is 22.6 Å². The number of piperazine rings is 1. The highest BCUT2D eigenvalue weighted by molar-refractivity contribution is 8.01. The van der Waals surface area contributed by atoms with Gasteiger partial charge in [-0.25, -0.2) is 4.98 Å². The standard InChI is InChI=1S/C20H19N5O2S/c21-13-14-5-6-22-18(11-14)24-7-9-25(10-8-24)19(26)12-17-20(27)23-15-3-1-2-4-16(15)28-17/h1-6,11,17H,7-10,12H2,(H,23,27). The molecule has 1 aromatic carbocycles. The van der Waals surface area contributed by atoms with Gasteiger partial charge in [-0.15, -0.1) is 11.8 Å². The summed E-state index contributed by atoms with van der Waals surface area (Å²) in [6.07, 6.45) is 1.81. The monoisotopic (exact) mass is 393 g/mol. The van der Waals surface area contributed by atoms with Gasteiger partial charge in [-0.1, -0.05) is 12.1 Å². The van der Waals surface area contributed by atoms with Crippen molar-refractivity contribution in [1.29, 1.82) is 5.26 Å². The smallest absolute Gasteiger partial charge is 0.238 e. The zero-order valence-electron chi connectivity index (χ0n) is 15.2. The van der Waals surface area contributed by atoms with E-state index < -0.39 is 5.25 Å². The first-order valence-electron chi connectivity index (χ1n) is 9.09. The minimum atomic E-state index is -0.408. The number of nitriles is 1. The first-order chi connectivity index (χ1) is 13.6. The number of aromatic nitrogens is 1. The summed E-state index contributed by atoms with van der Waals surface area (Å²) >= 11 is 1.45. The van der Waals surface area contributed by atoms with E-state index in [1.807, 2.05) is 24.3 Å². The lowest BCUT2D eigenvalue weighted by Crippen LogP contribution is -2.50. The molecule has 2 aliphatic heterocycles. The molecule has 1 atom stereocenters. The van der Waals surface area contributed by atoms with E-state index in [1.54, 1.807) is 23.2 Å². The Hall–Kier alpha value is -3.05. The summed E-state index contributed by atoms with van der Waals surface area (Å²) in [5, 5.41) is 11.5. The summed E-state index contributed by atoms with van der Waals surface area (Å²) in [6.45, 7) is 2.46. The van der Waals surface area contributed by atoms with Crippen LogP contribution in [0.3, 0.4) is 0 Å². The maximum atomic E-state index is 12.7. The molecule has 4 rings (SSSR count). The zero-order valence-corrected chi connectivity index (χ0v) is 16.0. The van der Waals surface area contributed by atoms with E-state index in [0.717, 1.165) is 16.4 Å². The average Bonchev–Trinajstić information content (AvgIpc) is 2.74. The van der Waals surface area contributed by atoms with Crippen molar-refractivity contribution in [3.63, 3.8) is 0 Å². The number of nitrogens with zero attached hydrogens (tertiary/aromatic N) is 4. The Morgan fingerprint density at radius 1 is 1.25 bits per heavy atom. The Kier molecular flexibility index (Phi) is 5.17. The summed E-state index contributed by atoms with van der Waals surface area (Å²) in [4.78, 5) is 34.2. The highest BCUT2D eigenvalue weighted by atomic mass is 32.2. The van der Waals surface area contributed by atoms with Crippen LogP contribution in [0.1, 0.15) is 12.0 Å². The van der Waals surface area contributed by atoms with Crippen molar-refractivity contribution in [1.82, 2.24) is 9.88 Å². The maximum absolute atomic E-state index is 12.7. The number of hydrogen-bond donors (Lipinski definition) is 1. The topological polar surface area (TPSA) is 89.3 Å².